The minimum Gasteiger partial charge on any atom is -0.497 e. The van der Waals surface area contributed by atoms with Gasteiger partial charge in [0.15, 0.2) is 0 Å². The number of amides is 1. The van der Waals surface area contributed by atoms with Crippen molar-refractivity contribution in [3.05, 3.63) is 60.4 Å². The maximum absolute atomic E-state index is 13.0. The summed E-state index contributed by atoms with van der Waals surface area (Å²) in [6.07, 6.45) is 3.56. The third-order valence-electron chi connectivity index (χ3n) is 5.33. The fourth-order valence-corrected chi connectivity index (χ4v) is 5.58. The van der Waals surface area contributed by atoms with E-state index in [2.05, 4.69) is 20.4 Å². The lowest BCUT2D eigenvalue weighted by Crippen LogP contribution is -2.36. The number of fused-ring (bicyclic) bond motifs is 2. The van der Waals surface area contributed by atoms with E-state index in [9.17, 15) is 4.79 Å². The molecule has 0 aliphatic carbocycles. The Morgan fingerprint density at radius 3 is 2.84 bits per heavy atom. The van der Waals surface area contributed by atoms with Crippen LogP contribution in [0.25, 0.3) is 21.5 Å². The Kier molecular flexibility index (Phi) is 5.57. The minimum absolute atomic E-state index is 0.101. The number of hydrogen-bond donors (Lipinski definition) is 0. The Labute approximate surface area is 188 Å². The number of carbonyl (C=O) groups excluding carboxylic acids is 1. The van der Waals surface area contributed by atoms with E-state index in [0.29, 0.717) is 5.75 Å². The number of carbonyl (C=O) groups is 1. The summed E-state index contributed by atoms with van der Waals surface area (Å²) in [6.45, 7) is 0.762. The van der Waals surface area contributed by atoms with Gasteiger partial charge >= 0.3 is 0 Å². The molecule has 0 N–H and O–H groups in total. The second kappa shape index (κ2) is 8.64. The van der Waals surface area contributed by atoms with Crippen LogP contribution >= 0.6 is 23.3 Å². The van der Waals surface area contributed by atoms with Gasteiger partial charge in [-0.15, -0.1) is 0 Å². The van der Waals surface area contributed by atoms with Crippen LogP contribution in [0.1, 0.15) is 12.0 Å². The predicted octanol–water partition coefficient (Wildman–Crippen LogP) is 4.83. The van der Waals surface area contributed by atoms with E-state index in [1.807, 2.05) is 47.4 Å². The van der Waals surface area contributed by atoms with Gasteiger partial charge in [0.1, 0.15) is 33.0 Å². The van der Waals surface area contributed by atoms with Gasteiger partial charge in [0, 0.05) is 17.8 Å². The first-order valence-corrected chi connectivity index (χ1v) is 11.8. The van der Waals surface area contributed by atoms with Gasteiger partial charge in [-0.2, -0.15) is 4.37 Å². The van der Waals surface area contributed by atoms with Crippen LogP contribution in [0.15, 0.2) is 59.9 Å². The second-order valence-corrected chi connectivity index (χ2v) is 8.92. The van der Waals surface area contributed by atoms with Gasteiger partial charge in [-0.1, -0.05) is 30.0 Å². The molecule has 0 atom stereocenters. The smallest absolute Gasteiger partial charge is 0.237 e. The molecule has 0 unspecified atom stereocenters. The van der Waals surface area contributed by atoms with Crippen molar-refractivity contribution in [3.8, 4) is 17.0 Å². The SMILES string of the molecule is COc1ccc(-c2nsc3c(SCC(=O)N4CCCc5ccccc54)ncnc23)cc1. The molecule has 1 amide bonds. The Morgan fingerprint density at radius 1 is 1.16 bits per heavy atom. The maximum Gasteiger partial charge on any atom is 0.237 e. The summed E-state index contributed by atoms with van der Waals surface area (Å²) in [7, 11) is 1.65. The van der Waals surface area contributed by atoms with Crippen LogP contribution in [0.5, 0.6) is 5.75 Å². The normalized spacial score (nSPS) is 13.3. The van der Waals surface area contributed by atoms with E-state index in [-0.39, 0.29) is 5.91 Å². The number of anilines is 1. The van der Waals surface area contributed by atoms with E-state index in [0.717, 1.165) is 57.3 Å². The lowest BCUT2D eigenvalue weighted by molar-refractivity contribution is -0.116. The molecule has 156 valence electrons. The monoisotopic (exact) mass is 448 g/mol. The molecule has 0 saturated carbocycles. The fraction of sp³-hybridized carbons (Fsp3) is 0.217. The topological polar surface area (TPSA) is 68.2 Å². The van der Waals surface area contributed by atoms with Gasteiger partial charge in [0.05, 0.1) is 12.9 Å². The second-order valence-electron chi connectivity index (χ2n) is 7.18. The summed E-state index contributed by atoms with van der Waals surface area (Å²) in [5.41, 5.74) is 4.88. The van der Waals surface area contributed by atoms with Crippen LogP contribution < -0.4 is 9.64 Å². The lowest BCUT2D eigenvalue weighted by atomic mass is 10.0. The van der Waals surface area contributed by atoms with Crippen molar-refractivity contribution < 1.29 is 9.53 Å². The summed E-state index contributed by atoms with van der Waals surface area (Å²) in [4.78, 5) is 23.8. The highest BCUT2D eigenvalue weighted by molar-refractivity contribution is 8.00. The zero-order valence-electron chi connectivity index (χ0n) is 16.9. The molecule has 0 spiro atoms. The van der Waals surface area contributed by atoms with Crippen molar-refractivity contribution in [1.29, 1.82) is 0 Å². The van der Waals surface area contributed by atoms with Crippen LogP contribution in [0.2, 0.25) is 0 Å². The van der Waals surface area contributed by atoms with Crippen molar-refractivity contribution >= 4 is 45.1 Å². The number of ether oxygens (including phenoxy) is 1. The van der Waals surface area contributed by atoms with Crippen molar-refractivity contribution in [1.82, 2.24) is 14.3 Å². The zero-order chi connectivity index (χ0) is 21.2. The number of thioether (sulfide) groups is 1. The number of rotatable bonds is 5. The fourth-order valence-electron chi connectivity index (χ4n) is 3.78. The van der Waals surface area contributed by atoms with Crippen LogP contribution in [0.4, 0.5) is 5.69 Å². The molecular formula is C23H20N4O2S2. The average Bonchev–Trinajstić information content (AvgIpc) is 3.27. The van der Waals surface area contributed by atoms with Crippen LogP contribution in [0, 0.1) is 0 Å². The van der Waals surface area contributed by atoms with E-state index in [1.54, 1.807) is 13.4 Å². The Hall–Kier alpha value is -2.97. The zero-order valence-corrected chi connectivity index (χ0v) is 18.6. The summed E-state index contributed by atoms with van der Waals surface area (Å²) in [5, 5.41) is 0.793. The number of aryl methyl sites for hydroxylation is 1. The molecule has 5 rings (SSSR count). The molecule has 2 aromatic carbocycles. The summed E-state index contributed by atoms with van der Waals surface area (Å²) in [5.74, 6) is 1.23. The molecule has 2 aromatic heterocycles. The van der Waals surface area contributed by atoms with E-state index < -0.39 is 0 Å². The summed E-state index contributed by atoms with van der Waals surface area (Å²) < 4.78 is 10.8. The van der Waals surface area contributed by atoms with Gasteiger partial charge < -0.3 is 9.64 Å². The van der Waals surface area contributed by atoms with Crippen molar-refractivity contribution in [2.45, 2.75) is 17.9 Å². The molecule has 8 heteroatoms. The van der Waals surface area contributed by atoms with Crippen LogP contribution in [-0.2, 0) is 11.2 Å². The third-order valence-corrected chi connectivity index (χ3v) is 7.28. The van der Waals surface area contributed by atoms with Crippen LogP contribution in [0.3, 0.4) is 0 Å². The van der Waals surface area contributed by atoms with Gasteiger partial charge in [0.2, 0.25) is 5.91 Å². The molecular weight excluding hydrogens is 428 g/mol. The Bertz CT molecular complexity index is 1240. The standard InChI is InChI=1S/C23H20N4O2S2/c1-29-17-10-8-16(9-11-17)20-21-22(31-26-20)23(25-14-24-21)30-13-19(28)27-12-4-6-15-5-2-3-7-18(15)27/h2-3,5,7-11,14H,4,6,12-13H2,1H3. The van der Waals surface area contributed by atoms with Crippen LogP contribution in [-0.4, -0.2) is 39.7 Å². The molecule has 0 bridgehead atoms. The Morgan fingerprint density at radius 2 is 2.00 bits per heavy atom. The first kappa shape index (κ1) is 20.0. The highest BCUT2D eigenvalue weighted by Crippen LogP contribution is 2.35. The number of benzene rings is 2. The molecule has 3 heterocycles. The van der Waals surface area contributed by atoms with Crippen molar-refractivity contribution in [2.75, 3.05) is 24.3 Å². The molecule has 0 fully saturated rings. The Balaban J connectivity index is 1.37. The molecule has 1 aliphatic heterocycles. The quantitative estimate of drug-likeness (QED) is 0.322. The molecule has 1 aliphatic rings. The van der Waals surface area contributed by atoms with E-state index in [1.165, 1.54) is 28.9 Å². The minimum atomic E-state index is 0.101. The highest BCUT2D eigenvalue weighted by Gasteiger charge is 2.23. The molecule has 6 nitrogen and oxygen atoms in total. The molecule has 4 aromatic rings. The van der Waals surface area contributed by atoms with Gasteiger partial charge in [0.25, 0.3) is 0 Å². The molecule has 0 saturated heterocycles. The van der Waals surface area contributed by atoms with Crippen molar-refractivity contribution in [3.63, 3.8) is 0 Å². The largest absolute Gasteiger partial charge is 0.497 e. The van der Waals surface area contributed by atoms with E-state index >= 15 is 0 Å². The number of nitrogens with zero attached hydrogens (tertiary/aromatic N) is 4. The molecule has 0 radical (unpaired) electrons. The van der Waals surface area contributed by atoms with E-state index in [4.69, 9.17) is 4.74 Å². The predicted molar refractivity (Wildman–Crippen MR) is 125 cm³/mol. The first-order chi connectivity index (χ1) is 15.2. The highest BCUT2D eigenvalue weighted by atomic mass is 32.2. The van der Waals surface area contributed by atoms with Gasteiger partial charge in [-0.25, -0.2) is 9.97 Å². The molecule has 31 heavy (non-hydrogen) atoms. The maximum atomic E-state index is 13.0. The first-order valence-electron chi connectivity index (χ1n) is 10.0. The average molecular weight is 449 g/mol. The van der Waals surface area contributed by atoms with Gasteiger partial charge in [-0.3, -0.25) is 4.79 Å². The summed E-state index contributed by atoms with van der Waals surface area (Å²) >= 11 is 2.82. The van der Waals surface area contributed by atoms with Crippen molar-refractivity contribution in [2.24, 2.45) is 0 Å². The number of aromatic nitrogens is 3. The summed E-state index contributed by atoms with van der Waals surface area (Å²) in [6, 6.07) is 15.9. The lowest BCUT2D eigenvalue weighted by Gasteiger charge is -2.29. The van der Waals surface area contributed by atoms with Gasteiger partial charge in [-0.05, 0) is 60.3 Å². The third kappa shape index (κ3) is 3.88. The number of para-hydroxylation sites is 1. The number of hydrogen-bond acceptors (Lipinski definition) is 7. The number of methoxy groups -OCH3 is 1.